The number of hydrogen-bond donors (Lipinski definition) is 2. The van der Waals surface area contributed by atoms with E-state index in [0.29, 0.717) is 17.2 Å². The van der Waals surface area contributed by atoms with E-state index in [9.17, 15) is 0 Å². The fourth-order valence-electron chi connectivity index (χ4n) is 3.89. The van der Waals surface area contributed by atoms with Gasteiger partial charge in [-0.2, -0.15) is 0 Å². The number of ether oxygens (including phenoxy) is 4. The summed E-state index contributed by atoms with van der Waals surface area (Å²) in [6, 6.07) is 12.3. The lowest BCUT2D eigenvalue weighted by molar-refractivity contribution is -0.159. The Labute approximate surface area is 205 Å². The summed E-state index contributed by atoms with van der Waals surface area (Å²) in [6.07, 6.45) is 2.07. The van der Waals surface area contributed by atoms with Gasteiger partial charge in [-0.25, -0.2) is 9.59 Å². The van der Waals surface area contributed by atoms with Crippen molar-refractivity contribution in [1.29, 1.82) is 0 Å². The van der Waals surface area contributed by atoms with E-state index in [0.717, 1.165) is 51.3 Å². The number of anilines is 1. The third kappa shape index (κ3) is 7.96. The van der Waals surface area contributed by atoms with Crippen LogP contribution in [0.3, 0.4) is 0 Å². The number of carbonyl (C=O) groups is 2. The molecule has 0 spiro atoms. The molecule has 0 unspecified atom stereocenters. The average Bonchev–Trinajstić information content (AvgIpc) is 2.88. The van der Waals surface area contributed by atoms with Gasteiger partial charge in [0.1, 0.15) is 5.75 Å². The summed E-state index contributed by atoms with van der Waals surface area (Å²) in [5, 5.41) is 14.8. The van der Waals surface area contributed by atoms with Gasteiger partial charge in [0.05, 0.1) is 34.1 Å². The number of hydrogen-bond acceptors (Lipinski definition) is 8. The van der Waals surface area contributed by atoms with E-state index in [1.54, 1.807) is 28.4 Å². The maximum atomic E-state index is 9.10. The zero-order chi connectivity index (χ0) is 25.8. The fourth-order valence-corrected chi connectivity index (χ4v) is 3.89. The molecule has 2 N–H and O–H groups in total. The highest BCUT2D eigenvalue weighted by Crippen LogP contribution is 2.38. The van der Waals surface area contributed by atoms with Crippen LogP contribution in [0.25, 0.3) is 0 Å². The molecule has 1 saturated heterocycles. The Morgan fingerprint density at radius 3 is 1.83 bits per heavy atom. The lowest BCUT2D eigenvalue weighted by atomic mass is 10.1. The van der Waals surface area contributed by atoms with Crippen molar-refractivity contribution in [3.8, 4) is 23.0 Å². The Morgan fingerprint density at radius 1 is 0.800 bits per heavy atom. The molecule has 0 atom stereocenters. The molecular formula is C25H34N2O8. The van der Waals surface area contributed by atoms with Crippen LogP contribution >= 0.6 is 0 Å². The van der Waals surface area contributed by atoms with Gasteiger partial charge in [-0.3, -0.25) is 4.90 Å². The van der Waals surface area contributed by atoms with Gasteiger partial charge in [0.2, 0.25) is 5.75 Å². The number of aryl methyl sites for hydroxylation is 1. The summed E-state index contributed by atoms with van der Waals surface area (Å²) in [7, 11) is 6.67. The Bertz CT molecular complexity index is 937. The van der Waals surface area contributed by atoms with Crippen molar-refractivity contribution in [2.24, 2.45) is 0 Å². The minimum absolute atomic E-state index is 0.645. The number of aliphatic carboxylic acids is 2. The zero-order valence-electron chi connectivity index (χ0n) is 20.7. The predicted octanol–water partition coefficient (Wildman–Crippen LogP) is 2.63. The third-order valence-corrected chi connectivity index (χ3v) is 5.65. The van der Waals surface area contributed by atoms with Crippen molar-refractivity contribution in [1.82, 2.24) is 4.90 Å². The van der Waals surface area contributed by atoms with Gasteiger partial charge < -0.3 is 34.1 Å². The van der Waals surface area contributed by atoms with Crippen molar-refractivity contribution in [2.45, 2.75) is 12.8 Å². The van der Waals surface area contributed by atoms with Gasteiger partial charge in [0.15, 0.2) is 11.5 Å². The monoisotopic (exact) mass is 490 g/mol. The van der Waals surface area contributed by atoms with E-state index < -0.39 is 11.9 Å². The smallest absolute Gasteiger partial charge is 0.414 e. The first-order chi connectivity index (χ1) is 16.8. The van der Waals surface area contributed by atoms with E-state index >= 15 is 0 Å². The first-order valence-electron chi connectivity index (χ1n) is 11.2. The molecule has 0 aliphatic carbocycles. The number of carboxylic acid groups (broad SMARTS) is 2. The zero-order valence-corrected chi connectivity index (χ0v) is 20.7. The number of methoxy groups -OCH3 is 4. The highest BCUT2D eigenvalue weighted by molar-refractivity contribution is 6.27. The Balaban J connectivity index is 0.000000641. The van der Waals surface area contributed by atoms with Crippen molar-refractivity contribution in [2.75, 3.05) is 66.1 Å². The summed E-state index contributed by atoms with van der Waals surface area (Å²) in [4.78, 5) is 23.1. The SMILES string of the molecule is COc1ccccc1N1CCN(CCCc2cc(OC)c(OC)c(OC)c2)CC1.O=C(O)C(=O)O. The highest BCUT2D eigenvalue weighted by atomic mass is 16.5. The van der Waals surface area contributed by atoms with Crippen molar-refractivity contribution in [3.63, 3.8) is 0 Å². The summed E-state index contributed by atoms with van der Waals surface area (Å²) in [6.45, 7) is 5.24. The molecule has 10 nitrogen and oxygen atoms in total. The molecule has 192 valence electrons. The number of carboxylic acids is 2. The Morgan fingerprint density at radius 2 is 1.34 bits per heavy atom. The molecule has 0 radical (unpaired) electrons. The van der Waals surface area contributed by atoms with Gasteiger partial charge in [-0.05, 0) is 49.2 Å². The molecule has 2 aromatic rings. The molecule has 1 aliphatic rings. The minimum atomic E-state index is -1.82. The molecule has 10 heteroatoms. The molecule has 35 heavy (non-hydrogen) atoms. The van der Waals surface area contributed by atoms with E-state index in [-0.39, 0.29) is 0 Å². The summed E-state index contributed by atoms with van der Waals surface area (Å²) < 4.78 is 21.8. The largest absolute Gasteiger partial charge is 0.495 e. The second-order valence-corrected chi connectivity index (χ2v) is 7.75. The molecule has 3 rings (SSSR count). The fraction of sp³-hybridized carbons (Fsp3) is 0.440. The lowest BCUT2D eigenvalue weighted by Crippen LogP contribution is -2.46. The molecule has 0 aromatic heterocycles. The van der Waals surface area contributed by atoms with E-state index in [1.165, 1.54) is 11.3 Å². The van der Waals surface area contributed by atoms with Crippen LogP contribution in [0.2, 0.25) is 0 Å². The molecule has 2 aromatic carbocycles. The summed E-state index contributed by atoms with van der Waals surface area (Å²) >= 11 is 0. The molecule has 1 fully saturated rings. The van der Waals surface area contributed by atoms with Crippen LogP contribution in [-0.2, 0) is 16.0 Å². The Kier molecular flexibility index (Phi) is 11.0. The van der Waals surface area contributed by atoms with Crippen molar-refractivity contribution in [3.05, 3.63) is 42.0 Å². The van der Waals surface area contributed by atoms with Crippen molar-refractivity contribution < 1.29 is 38.7 Å². The number of rotatable bonds is 9. The standard InChI is InChI=1S/C23H32N2O4.C2H2O4/c1-26-20-10-6-5-9-19(20)25-14-12-24(13-15-25)11-7-8-18-16-21(27-2)23(29-4)22(17-18)28-3;3-1(4)2(5)6/h5-6,9-10,16-17H,7-8,11-15H2,1-4H3;(H,3,4)(H,5,6). The van der Waals surface area contributed by atoms with Crippen LogP contribution < -0.4 is 23.8 Å². The van der Waals surface area contributed by atoms with E-state index in [1.807, 2.05) is 24.3 Å². The van der Waals surface area contributed by atoms with Gasteiger partial charge in [0.25, 0.3) is 0 Å². The molecule has 0 amide bonds. The van der Waals surface area contributed by atoms with Crippen LogP contribution in [0.1, 0.15) is 12.0 Å². The van der Waals surface area contributed by atoms with Crippen LogP contribution in [0.4, 0.5) is 5.69 Å². The van der Waals surface area contributed by atoms with Gasteiger partial charge in [-0.15, -0.1) is 0 Å². The molecular weight excluding hydrogens is 456 g/mol. The quantitative estimate of drug-likeness (QED) is 0.508. The van der Waals surface area contributed by atoms with Crippen LogP contribution in [0.15, 0.2) is 36.4 Å². The number of para-hydroxylation sites is 2. The molecule has 1 heterocycles. The van der Waals surface area contributed by atoms with Crippen LogP contribution in [-0.4, -0.2) is 88.2 Å². The van der Waals surface area contributed by atoms with Crippen LogP contribution in [0, 0.1) is 0 Å². The normalized spacial score (nSPS) is 13.3. The van der Waals surface area contributed by atoms with Gasteiger partial charge >= 0.3 is 11.9 Å². The number of nitrogens with zero attached hydrogens (tertiary/aromatic N) is 2. The first kappa shape index (κ1) is 27.6. The second-order valence-electron chi connectivity index (χ2n) is 7.75. The molecule has 0 bridgehead atoms. The number of benzene rings is 2. The first-order valence-corrected chi connectivity index (χ1v) is 11.2. The summed E-state index contributed by atoms with van der Waals surface area (Å²) in [5.41, 5.74) is 2.39. The third-order valence-electron chi connectivity index (χ3n) is 5.65. The predicted molar refractivity (Wildman–Crippen MR) is 131 cm³/mol. The summed E-state index contributed by atoms with van der Waals surface area (Å²) in [5.74, 6) is -0.626. The second kappa shape index (κ2) is 13.9. The topological polar surface area (TPSA) is 118 Å². The average molecular weight is 491 g/mol. The highest BCUT2D eigenvalue weighted by Gasteiger charge is 2.19. The van der Waals surface area contributed by atoms with Gasteiger partial charge in [-0.1, -0.05) is 12.1 Å². The Hall–Kier alpha value is -3.66. The molecule has 0 saturated carbocycles. The van der Waals surface area contributed by atoms with Crippen LogP contribution in [0.5, 0.6) is 23.0 Å². The van der Waals surface area contributed by atoms with Gasteiger partial charge in [0, 0.05) is 26.2 Å². The van der Waals surface area contributed by atoms with Crippen molar-refractivity contribution >= 4 is 17.6 Å². The molecule has 1 aliphatic heterocycles. The van der Waals surface area contributed by atoms with E-state index in [4.69, 9.17) is 38.7 Å². The lowest BCUT2D eigenvalue weighted by Gasteiger charge is -2.36. The number of piperazine rings is 1. The maximum Gasteiger partial charge on any atom is 0.414 e. The van der Waals surface area contributed by atoms with E-state index in [2.05, 4.69) is 21.9 Å². The maximum absolute atomic E-state index is 9.10. The minimum Gasteiger partial charge on any atom is -0.495 e.